The molecule has 146 valence electrons. The van der Waals surface area contributed by atoms with Gasteiger partial charge < -0.3 is 20.3 Å². The zero-order valence-electron chi connectivity index (χ0n) is 16.4. The highest BCUT2D eigenvalue weighted by Crippen LogP contribution is 2.15. The molecule has 1 heterocycles. The molecule has 27 heavy (non-hydrogen) atoms. The number of thiophene rings is 1. The fraction of sp³-hybridized carbons (Fsp3) is 0.400. The van der Waals surface area contributed by atoms with Crippen LogP contribution in [0.25, 0.3) is 0 Å². The monoisotopic (exact) mass is 388 g/mol. The molecule has 0 aliphatic heterocycles. The summed E-state index contributed by atoms with van der Waals surface area (Å²) in [6.07, 6.45) is 0. The molecule has 0 aliphatic rings. The van der Waals surface area contributed by atoms with Crippen LogP contribution in [0.4, 0.5) is 0 Å². The van der Waals surface area contributed by atoms with E-state index in [1.165, 1.54) is 15.3 Å². The number of ether oxygens (including phenoxy) is 1. The molecule has 2 aromatic rings. The van der Waals surface area contributed by atoms with Gasteiger partial charge in [-0.05, 0) is 48.6 Å². The van der Waals surface area contributed by atoms with Crippen molar-refractivity contribution in [2.45, 2.75) is 26.9 Å². The lowest BCUT2D eigenvalue weighted by Gasteiger charge is -2.12. The smallest absolute Gasteiger partial charge is 0.259 e. The van der Waals surface area contributed by atoms with Gasteiger partial charge in [0.2, 0.25) is 0 Å². The van der Waals surface area contributed by atoms with Crippen molar-refractivity contribution >= 4 is 23.2 Å². The minimum absolute atomic E-state index is 0.0318. The Kier molecular flexibility index (Phi) is 8.13. The summed E-state index contributed by atoms with van der Waals surface area (Å²) in [5.74, 6) is 1.38. The van der Waals surface area contributed by atoms with E-state index in [4.69, 9.17) is 4.74 Å². The third-order valence-corrected chi connectivity index (χ3v) is 4.93. The van der Waals surface area contributed by atoms with Crippen molar-refractivity contribution in [3.05, 3.63) is 51.7 Å². The van der Waals surface area contributed by atoms with Crippen molar-refractivity contribution in [2.24, 2.45) is 4.99 Å². The number of hydrogen-bond acceptors (Lipinski definition) is 4. The van der Waals surface area contributed by atoms with E-state index in [2.05, 4.69) is 34.0 Å². The highest BCUT2D eigenvalue weighted by molar-refractivity contribution is 7.10. The molecule has 7 heteroatoms. The van der Waals surface area contributed by atoms with E-state index in [9.17, 15) is 4.79 Å². The highest BCUT2D eigenvalue weighted by atomic mass is 32.1. The van der Waals surface area contributed by atoms with Crippen LogP contribution in [0.15, 0.2) is 40.7 Å². The van der Waals surface area contributed by atoms with Crippen molar-refractivity contribution in [3.63, 3.8) is 0 Å². The number of nitrogens with zero attached hydrogens (tertiary/aromatic N) is 2. The lowest BCUT2D eigenvalue weighted by molar-refractivity contribution is -0.130. The second-order valence-electron chi connectivity index (χ2n) is 6.30. The number of likely N-dealkylation sites (N-methyl/N-ethyl adjacent to an activating group) is 1. The first kappa shape index (κ1) is 20.8. The molecule has 6 nitrogen and oxygen atoms in total. The summed E-state index contributed by atoms with van der Waals surface area (Å²) >= 11 is 1.74. The predicted molar refractivity (Wildman–Crippen MR) is 111 cm³/mol. The second kappa shape index (κ2) is 10.6. The molecule has 0 fully saturated rings. The number of guanidine groups is 1. The molecule has 0 unspecified atom stereocenters. The lowest BCUT2D eigenvalue weighted by Crippen LogP contribution is -2.36. The van der Waals surface area contributed by atoms with Crippen LogP contribution in [-0.4, -0.2) is 44.0 Å². The molecule has 0 atom stereocenters. The lowest BCUT2D eigenvalue weighted by atomic mass is 10.2. The third-order valence-electron chi connectivity index (χ3n) is 3.91. The van der Waals surface area contributed by atoms with E-state index >= 15 is 0 Å². The third kappa shape index (κ3) is 6.94. The van der Waals surface area contributed by atoms with Gasteiger partial charge >= 0.3 is 0 Å². The average molecular weight is 389 g/mol. The SMILES string of the molecule is CCNC(=NCc1cccc(OCC(=O)N(C)C)c1)NCc1sccc1C. The van der Waals surface area contributed by atoms with E-state index < -0.39 is 0 Å². The van der Waals surface area contributed by atoms with E-state index in [1.807, 2.05) is 31.2 Å². The Hall–Kier alpha value is -2.54. The van der Waals surface area contributed by atoms with Crippen molar-refractivity contribution in [3.8, 4) is 5.75 Å². The summed E-state index contributed by atoms with van der Waals surface area (Å²) in [5, 5.41) is 8.73. The predicted octanol–water partition coefficient (Wildman–Crippen LogP) is 2.78. The topological polar surface area (TPSA) is 66.0 Å². The number of carbonyl (C=O) groups excluding carboxylic acids is 1. The van der Waals surface area contributed by atoms with Gasteiger partial charge in [-0.2, -0.15) is 0 Å². The molecule has 1 amide bonds. The number of aliphatic imine (C=N–C) groups is 1. The average Bonchev–Trinajstić information content (AvgIpc) is 3.07. The normalized spacial score (nSPS) is 11.2. The van der Waals surface area contributed by atoms with Crippen LogP contribution < -0.4 is 15.4 Å². The van der Waals surface area contributed by atoms with Crippen molar-refractivity contribution in [1.82, 2.24) is 15.5 Å². The number of benzene rings is 1. The Morgan fingerprint density at radius 3 is 2.74 bits per heavy atom. The maximum Gasteiger partial charge on any atom is 0.259 e. The van der Waals surface area contributed by atoms with Gasteiger partial charge in [0.1, 0.15) is 5.75 Å². The molecular formula is C20H28N4O2S. The molecule has 0 aliphatic carbocycles. The van der Waals surface area contributed by atoms with Crippen LogP contribution >= 0.6 is 11.3 Å². The summed E-state index contributed by atoms with van der Waals surface area (Å²) in [5.41, 5.74) is 2.31. The maximum absolute atomic E-state index is 11.6. The van der Waals surface area contributed by atoms with Crippen molar-refractivity contribution < 1.29 is 9.53 Å². The zero-order chi connectivity index (χ0) is 19.6. The van der Waals surface area contributed by atoms with E-state index in [0.29, 0.717) is 12.3 Å². The first-order valence-electron chi connectivity index (χ1n) is 8.96. The minimum atomic E-state index is -0.0686. The molecule has 2 rings (SSSR count). The molecule has 0 saturated carbocycles. The summed E-state index contributed by atoms with van der Waals surface area (Å²) in [6.45, 7) is 6.27. The maximum atomic E-state index is 11.6. The van der Waals surface area contributed by atoms with E-state index in [0.717, 1.165) is 24.6 Å². The van der Waals surface area contributed by atoms with Crippen LogP contribution in [0.3, 0.4) is 0 Å². The number of carbonyl (C=O) groups is 1. The molecule has 1 aromatic heterocycles. The molecule has 0 saturated heterocycles. The summed E-state index contributed by atoms with van der Waals surface area (Å²) < 4.78 is 5.56. The number of nitrogens with one attached hydrogen (secondary N) is 2. The largest absolute Gasteiger partial charge is 0.484 e. The Labute approximate surface area is 165 Å². The number of amides is 1. The first-order valence-corrected chi connectivity index (χ1v) is 9.84. The van der Waals surface area contributed by atoms with E-state index in [-0.39, 0.29) is 12.5 Å². The fourth-order valence-electron chi connectivity index (χ4n) is 2.27. The number of aryl methyl sites for hydroxylation is 1. The highest BCUT2D eigenvalue weighted by Gasteiger charge is 2.06. The summed E-state index contributed by atoms with van der Waals surface area (Å²) in [7, 11) is 3.42. The molecular weight excluding hydrogens is 360 g/mol. The Balaban J connectivity index is 1.95. The molecule has 0 bridgehead atoms. The van der Waals surface area contributed by atoms with Crippen LogP contribution in [0.1, 0.15) is 22.9 Å². The van der Waals surface area contributed by atoms with Crippen LogP contribution in [-0.2, 0) is 17.9 Å². The minimum Gasteiger partial charge on any atom is -0.484 e. The van der Waals surface area contributed by atoms with Gasteiger partial charge in [-0.1, -0.05) is 12.1 Å². The van der Waals surface area contributed by atoms with Crippen molar-refractivity contribution in [1.29, 1.82) is 0 Å². The van der Waals surface area contributed by atoms with Crippen LogP contribution in [0.2, 0.25) is 0 Å². The van der Waals surface area contributed by atoms with Gasteiger partial charge in [-0.25, -0.2) is 4.99 Å². The molecule has 1 aromatic carbocycles. The van der Waals surface area contributed by atoms with Crippen LogP contribution in [0.5, 0.6) is 5.75 Å². The summed E-state index contributed by atoms with van der Waals surface area (Å²) in [6, 6.07) is 9.80. The van der Waals surface area contributed by atoms with E-state index in [1.54, 1.807) is 25.4 Å². The second-order valence-corrected chi connectivity index (χ2v) is 7.30. The van der Waals surface area contributed by atoms with Crippen molar-refractivity contribution in [2.75, 3.05) is 27.2 Å². The Morgan fingerprint density at radius 2 is 2.07 bits per heavy atom. The van der Waals surface area contributed by atoms with Gasteiger partial charge in [0, 0.05) is 25.5 Å². The molecule has 0 radical (unpaired) electrons. The van der Waals surface area contributed by atoms with Crippen LogP contribution in [0, 0.1) is 6.92 Å². The van der Waals surface area contributed by atoms with Gasteiger partial charge in [-0.15, -0.1) is 11.3 Å². The Bertz CT molecular complexity index is 771. The van der Waals surface area contributed by atoms with Gasteiger partial charge in [-0.3, -0.25) is 4.79 Å². The van der Waals surface area contributed by atoms with Gasteiger partial charge in [0.05, 0.1) is 13.1 Å². The zero-order valence-corrected chi connectivity index (χ0v) is 17.2. The fourth-order valence-corrected chi connectivity index (χ4v) is 3.11. The Morgan fingerprint density at radius 1 is 1.26 bits per heavy atom. The molecule has 0 spiro atoms. The first-order chi connectivity index (χ1) is 13.0. The van der Waals surface area contributed by atoms with Gasteiger partial charge in [0.15, 0.2) is 12.6 Å². The van der Waals surface area contributed by atoms with Gasteiger partial charge in [0.25, 0.3) is 5.91 Å². The quantitative estimate of drug-likeness (QED) is 0.539. The summed E-state index contributed by atoms with van der Waals surface area (Å²) in [4.78, 5) is 19.1. The standard InChI is InChI=1S/C20H28N4O2S/c1-5-21-20(23-13-18-15(2)9-10-27-18)22-12-16-7-6-8-17(11-16)26-14-19(25)24(3)4/h6-11H,5,12-14H2,1-4H3,(H2,21,22,23). The number of rotatable bonds is 8. The molecule has 2 N–H and O–H groups in total. The number of hydrogen-bond donors (Lipinski definition) is 2.